The van der Waals surface area contributed by atoms with Crippen molar-refractivity contribution in [1.82, 2.24) is 14.7 Å². The van der Waals surface area contributed by atoms with E-state index in [4.69, 9.17) is 5.26 Å². The first-order chi connectivity index (χ1) is 15.1. The largest absolute Gasteiger partial charge is 0.387 e. The van der Waals surface area contributed by atoms with E-state index in [9.17, 15) is 18.7 Å². The number of rotatable bonds is 2. The number of alkyl halides is 3. The Hall–Kier alpha value is -3.13. The summed E-state index contributed by atoms with van der Waals surface area (Å²) in [5.41, 5.74) is -1.97. The van der Waals surface area contributed by atoms with Crippen LogP contribution in [0.5, 0.6) is 0 Å². The van der Waals surface area contributed by atoms with Gasteiger partial charge in [0.2, 0.25) is 0 Å². The summed E-state index contributed by atoms with van der Waals surface area (Å²) in [6, 6.07) is 4.25. The van der Waals surface area contributed by atoms with Crippen molar-refractivity contribution in [2.75, 3.05) is 12.0 Å². The summed E-state index contributed by atoms with van der Waals surface area (Å²) in [5, 5.41) is 26.0. The number of carbonyl (C=O) groups is 1. The standard InChI is InChI=1S/C21H21F4N5O2/c1-12-6-17-15(18-21(24,25)10-20(32,11-22)4-5-30(18)28-17)9-29(12)19(31)27-14-2-3-16(23)13(7-14)8-26/h2-3,7,12,32H,4-6,9-11H2,1H3,(H,27,31)/t12-,20?/m1/s1. The lowest BCUT2D eigenvalue weighted by molar-refractivity contribution is -0.102. The van der Waals surface area contributed by atoms with Gasteiger partial charge in [0.15, 0.2) is 0 Å². The fraction of sp³-hybridized carbons (Fsp3) is 0.476. The average Bonchev–Trinajstić information content (AvgIpc) is 3.06. The molecule has 2 aromatic rings. The Bertz CT molecular complexity index is 1110. The Labute approximate surface area is 181 Å². The number of benzene rings is 1. The van der Waals surface area contributed by atoms with Gasteiger partial charge in [-0.05, 0) is 31.5 Å². The number of halogens is 4. The van der Waals surface area contributed by atoms with Crippen molar-refractivity contribution in [3.8, 4) is 6.07 Å². The third-order valence-electron chi connectivity index (χ3n) is 6.02. The number of nitrogens with one attached hydrogen (secondary N) is 1. The van der Waals surface area contributed by atoms with E-state index in [0.717, 1.165) is 10.7 Å². The topological polar surface area (TPSA) is 94.2 Å². The van der Waals surface area contributed by atoms with Crippen LogP contribution in [-0.4, -0.2) is 44.1 Å². The van der Waals surface area contributed by atoms with Gasteiger partial charge in [0, 0.05) is 36.7 Å². The fourth-order valence-corrected chi connectivity index (χ4v) is 4.34. The van der Waals surface area contributed by atoms with Gasteiger partial charge in [-0.25, -0.2) is 13.6 Å². The molecule has 2 amide bonds. The highest BCUT2D eigenvalue weighted by atomic mass is 19.3. The third kappa shape index (κ3) is 3.79. The predicted molar refractivity (Wildman–Crippen MR) is 105 cm³/mol. The van der Waals surface area contributed by atoms with Gasteiger partial charge in [-0.1, -0.05) is 0 Å². The van der Waals surface area contributed by atoms with E-state index >= 15 is 8.78 Å². The molecule has 0 radical (unpaired) electrons. The quantitative estimate of drug-likeness (QED) is 0.684. The van der Waals surface area contributed by atoms with Gasteiger partial charge in [-0.3, -0.25) is 4.68 Å². The van der Waals surface area contributed by atoms with E-state index in [0.29, 0.717) is 5.69 Å². The summed E-state index contributed by atoms with van der Waals surface area (Å²) >= 11 is 0. The molecule has 170 valence electrons. The number of hydrogen-bond donors (Lipinski definition) is 2. The summed E-state index contributed by atoms with van der Waals surface area (Å²) < 4.78 is 58.1. The van der Waals surface area contributed by atoms with Gasteiger partial charge in [-0.2, -0.15) is 19.1 Å². The number of amides is 2. The lowest BCUT2D eigenvalue weighted by Gasteiger charge is -2.34. The number of nitrogens with zero attached hydrogens (tertiary/aromatic N) is 4. The minimum atomic E-state index is -3.53. The van der Waals surface area contributed by atoms with Crippen LogP contribution in [0.4, 0.5) is 28.0 Å². The molecule has 0 bridgehead atoms. The number of nitriles is 1. The summed E-state index contributed by atoms with van der Waals surface area (Å²) in [5.74, 6) is -4.25. The molecule has 11 heteroatoms. The third-order valence-corrected chi connectivity index (χ3v) is 6.02. The Morgan fingerprint density at radius 2 is 2.19 bits per heavy atom. The van der Waals surface area contributed by atoms with E-state index < -0.39 is 42.2 Å². The summed E-state index contributed by atoms with van der Waals surface area (Å²) in [4.78, 5) is 14.2. The van der Waals surface area contributed by atoms with Crippen LogP contribution in [0.25, 0.3) is 0 Å². The number of hydrogen-bond acceptors (Lipinski definition) is 4. The van der Waals surface area contributed by atoms with Gasteiger partial charge in [-0.15, -0.1) is 0 Å². The minimum Gasteiger partial charge on any atom is -0.387 e. The van der Waals surface area contributed by atoms with Crippen LogP contribution in [0.1, 0.15) is 42.3 Å². The predicted octanol–water partition coefficient (Wildman–Crippen LogP) is 3.46. The van der Waals surface area contributed by atoms with Crippen LogP contribution in [0.15, 0.2) is 18.2 Å². The molecule has 2 aliphatic rings. The van der Waals surface area contributed by atoms with E-state index in [-0.39, 0.29) is 48.8 Å². The van der Waals surface area contributed by atoms with Gasteiger partial charge < -0.3 is 15.3 Å². The molecule has 0 spiro atoms. The van der Waals surface area contributed by atoms with Crippen molar-refractivity contribution in [2.45, 2.75) is 56.8 Å². The Morgan fingerprint density at radius 3 is 2.88 bits per heavy atom. The van der Waals surface area contributed by atoms with Gasteiger partial charge in [0.25, 0.3) is 5.92 Å². The number of aromatic nitrogens is 2. The molecule has 3 heterocycles. The highest BCUT2D eigenvalue weighted by molar-refractivity contribution is 5.90. The van der Waals surface area contributed by atoms with Gasteiger partial charge in [0.05, 0.1) is 17.8 Å². The van der Waals surface area contributed by atoms with Crippen molar-refractivity contribution in [1.29, 1.82) is 5.26 Å². The highest BCUT2D eigenvalue weighted by Gasteiger charge is 2.50. The zero-order valence-corrected chi connectivity index (χ0v) is 17.2. The van der Waals surface area contributed by atoms with Gasteiger partial charge in [0.1, 0.15) is 29.9 Å². The fourth-order valence-electron chi connectivity index (χ4n) is 4.34. The van der Waals surface area contributed by atoms with Crippen LogP contribution in [0.2, 0.25) is 0 Å². The monoisotopic (exact) mass is 451 g/mol. The molecule has 0 saturated carbocycles. The van der Waals surface area contributed by atoms with E-state index in [1.807, 2.05) is 0 Å². The molecule has 1 unspecified atom stereocenters. The SMILES string of the molecule is C[C@@H]1Cc2nn3c(c2CN1C(=O)Nc1ccc(F)c(C#N)c1)C(F)(F)CC(O)(CF)CC3. The number of anilines is 1. The second-order valence-corrected chi connectivity index (χ2v) is 8.40. The van der Waals surface area contributed by atoms with Crippen LogP contribution in [-0.2, 0) is 25.4 Å². The Balaban J connectivity index is 1.62. The first-order valence-corrected chi connectivity index (χ1v) is 10.1. The minimum absolute atomic E-state index is 0.0641. The number of fused-ring (bicyclic) bond motifs is 3. The molecule has 2 N–H and O–H groups in total. The molecule has 2 atom stereocenters. The first kappa shape index (κ1) is 22.1. The van der Waals surface area contributed by atoms with Crippen LogP contribution < -0.4 is 5.32 Å². The molecule has 7 nitrogen and oxygen atoms in total. The van der Waals surface area contributed by atoms with Crippen LogP contribution in [0, 0.1) is 17.1 Å². The Kier molecular flexibility index (Phi) is 5.36. The van der Waals surface area contributed by atoms with E-state index in [1.54, 1.807) is 13.0 Å². The number of carbonyl (C=O) groups excluding carboxylic acids is 1. The lowest BCUT2D eigenvalue weighted by atomic mass is 9.91. The summed E-state index contributed by atoms with van der Waals surface area (Å²) in [7, 11) is 0. The number of aryl methyl sites for hydroxylation is 1. The van der Waals surface area contributed by atoms with E-state index in [2.05, 4.69) is 10.4 Å². The maximum absolute atomic E-state index is 15.1. The lowest BCUT2D eigenvalue weighted by Crippen LogP contribution is -2.45. The summed E-state index contributed by atoms with van der Waals surface area (Å²) in [6.07, 6.45) is -1.03. The maximum Gasteiger partial charge on any atom is 0.322 e. The highest BCUT2D eigenvalue weighted by Crippen LogP contribution is 2.44. The van der Waals surface area contributed by atoms with Crippen molar-refractivity contribution < 1.29 is 27.5 Å². The molecule has 32 heavy (non-hydrogen) atoms. The normalized spacial score (nSPS) is 24.2. The Morgan fingerprint density at radius 1 is 1.44 bits per heavy atom. The van der Waals surface area contributed by atoms with Crippen LogP contribution >= 0.6 is 0 Å². The van der Waals surface area contributed by atoms with E-state index in [1.165, 1.54) is 17.0 Å². The molecular weight excluding hydrogens is 430 g/mol. The molecular formula is C21H21F4N5O2. The molecule has 0 aliphatic carbocycles. The molecule has 1 aromatic heterocycles. The van der Waals surface area contributed by atoms with Crippen LogP contribution in [0.3, 0.4) is 0 Å². The zero-order valence-electron chi connectivity index (χ0n) is 17.2. The van der Waals surface area contributed by atoms with Gasteiger partial charge >= 0.3 is 6.03 Å². The average molecular weight is 451 g/mol. The molecule has 0 saturated heterocycles. The zero-order chi connectivity index (χ0) is 23.3. The van der Waals surface area contributed by atoms with Crippen molar-refractivity contribution in [3.63, 3.8) is 0 Å². The summed E-state index contributed by atoms with van der Waals surface area (Å²) in [6.45, 7) is 0.237. The number of aliphatic hydroxyl groups is 1. The second kappa shape index (κ2) is 7.78. The smallest absolute Gasteiger partial charge is 0.322 e. The molecule has 2 aliphatic heterocycles. The molecule has 0 fully saturated rings. The molecule has 1 aromatic carbocycles. The van der Waals surface area contributed by atoms with Crippen molar-refractivity contribution >= 4 is 11.7 Å². The van der Waals surface area contributed by atoms with Crippen molar-refractivity contribution in [3.05, 3.63) is 46.5 Å². The second-order valence-electron chi connectivity index (χ2n) is 8.40. The molecule has 4 rings (SSSR count). The van der Waals surface area contributed by atoms with Crippen molar-refractivity contribution in [2.24, 2.45) is 0 Å². The number of urea groups is 1. The first-order valence-electron chi connectivity index (χ1n) is 10.1. The maximum atomic E-state index is 15.1.